The Hall–Kier alpha value is -1.37. The van der Waals surface area contributed by atoms with Crippen molar-refractivity contribution in [2.45, 2.75) is 25.4 Å². The van der Waals surface area contributed by atoms with Gasteiger partial charge in [-0.15, -0.1) is 0 Å². The maximum Gasteiger partial charge on any atom is 0.400 e. The summed E-state index contributed by atoms with van der Waals surface area (Å²) >= 11 is 4.80. The topological polar surface area (TPSA) is 68.0 Å². The van der Waals surface area contributed by atoms with Crippen LogP contribution in [0.2, 0.25) is 0 Å². The van der Waals surface area contributed by atoms with Crippen molar-refractivity contribution < 1.29 is 22.3 Å². The van der Waals surface area contributed by atoms with Gasteiger partial charge in [0.15, 0.2) is 0 Å². The minimum absolute atomic E-state index is 0.0308. The predicted molar refractivity (Wildman–Crippen MR) is 89.5 cm³/mol. The summed E-state index contributed by atoms with van der Waals surface area (Å²) in [6, 6.07) is 3.95. The van der Waals surface area contributed by atoms with Gasteiger partial charge in [-0.25, -0.2) is 4.39 Å². The van der Waals surface area contributed by atoms with E-state index in [4.69, 9.17) is 11.6 Å². The maximum atomic E-state index is 14.3. The lowest BCUT2D eigenvalue weighted by molar-refractivity contribution is 0.0551. The number of nitrogens with one attached hydrogen (secondary N) is 1. The summed E-state index contributed by atoms with van der Waals surface area (Å²) in [5.74, 6) is -1.59. The van der Waals surface area contributed by atoms with Gasteiger partial charge < -0.3 is 9.09 Å². The Balaban J connectivity index is 2.18. The van der Waals surface area contributed by atoms with Crippen LogP contribution in [0.5, 0.6) is 0 Å². The average Bonchev–Trinajstić information content (AvgIpc) is 2.97. The highest BCUT2D eigenvalue weighted by atomic mass is 35.5. The van der Waals surface area contributed by atoms with E-state index < -0.39 is 24.4 Å². The smallest absolute Gasteiger partial charge is 0.331 e. The van der Waals surface area contributed by atoms with Crippen LogP contribution in [-0.4, -0.2) is 23.4 Å². The van der Waals surface area contributed by atoms with Crippen molar-refractivity contribution in [2.75, 3.05) is 13.2 Å². The average molecular weight is 396 g/mol. The van der Waals surface area contributed by atoms with E-state index in [0.29, 0.717) is 12.5 Å². The van der Waals surface area contributed by atoms with Crippen molar-refractivity contribution in [3.05, 3.63) is 35.5 Å². The van der Waals surface area contributed by atoms with Gasteiger partial charge in [0, 0.05) is 24.9 Å². The first-order chi connectivity index (χ1) is 11.5. The van der Waals surface area contributed by atoms with Crippen LogP contribution >= 0.6 is 18.9 Å². The van der Waals surface area contributed by atoms with Crippen molar-refractivity contribution >= 4 is 18.9 Å². The fourth-order valence-corrected chi connectivity index (χ4v) is 3.87. The van der Waals surface area contributed by atoms with Crippen LogP contribution in [0, 0.1) is 11.7 Å². The third kappa shape index (κ3) is 5.56. The molecule has 1 heterocycles. The van der Waals surface area contributed by atoms with Crippen LogP contribution in [0.1, 0.15) is 25.3 Å². The van der Waals surface area contributed by atoms with E-state index in [2.05, 4.69) is 19.8 Å². The third-order valence-electron chi connectivity index (χ3n) is 3.29. The molecule has 2 aromatic rings. The van der Waals surface area contributed by atoms with Crippen molar-refractivity contribution in [1.29, 1.82) is 0 Å². The van der Waals surface area contributed by atoms with Gasteiger partial charge in [-0.1, -0.05) is 31.1 Å². The molecule has 10 heteroatoms. The SMILES string of the molecule is CC(C)CNP(C)(=O)Cc1ccc(-c2noc(C(F)(F)Cl)n2)cc1F. The van der Waals surface area contributed by atoms with Gasteiger partial charge in [-0.3, -0.25) is 5.09 Å². The molecule has 0 saturated heterocycles. The van der Waals surface area contributed by atoms with Gasteiger partial charge in [0.1, 0.15) is 13.1 Å². The first-order valence-corrected chi connectivity index (χ1v) is 10.2. The first-order valence-electron chi connectivity index (χ1n) is 7.49. The molecule has 0 aliphatic heterocycles. The Morgan fingerprint density at radius 1 is 1.40 bits per heavy atom. The molecule has 138 valence electrons. The Labute approximate surface area is 148 Å². The Kier molecular flexibility index (Phi) is 5.97. The van der Waals surface area contributed by atoms with Crippen molar-refractivity contribution in [3.63, 3.8) is 0 Å². The van der Waals surface area contributed by atoms with E-state index in [0.717, 1.165) is 6.07 Å². The molecular weight excluding hydrogens is 378 g/mol. The number of hydrogen-bond acceptors (Lipinski definition) is 4. The third-order valence-corrected chi connectivity index (χ3v) is 5.24. The minimum atomic E-state index is -3.79. The highest BCUT2D eigenvalue weighted by Gasteiger charge is 2.35. The van der Waals surface area contributed by atoms with E-state index in [1.807, 2.05) is 13.8 Å². The predicted octanol–water partition coefficient (Wildman–Crippen LogP) is 4.82. The summed E-state index contributed by atoms with van der Waals surface area (Å²) < 4.78 is 57.0. The maximum absolute atomic E-state index is 14.3. The molecule has 0 aliphatic carbocycles. The second-order valence-electron chi connectivity index (χ2n) is 6.24. The highest BCUT2D eigenvalue weighted by molar-refractivity contribution is 7.60. The number of halogens is 4. The molecule has 0 bridgehead atoms. The number of hydrogen-bond donors (Lipinski definition) is 1. The zero-order valence-electron chi connectivity index (χ0n) is 13.9. The molecule has 1 N–H and O–H groups in total. The number of aromatic nitrogens is 2. The van der Waals surface area contributed by atoms with Crippen molar-refractivity contribution in [3.8, 4) is 11.4 Å². The molecule has 0 radical (unpaired) electrons. The molecule has 0 saturated carbocycles. The lowest BCUT2D eigenvalue weighted by Crippen LogP contribution is -2.17. The van der Waals surface area contributed by atoms with Crippen molar-refractivity contribution in [2.24, 2.45) is 5.92 Å². The minimum Gasteiger partial charge on any atom is -0.331 e. The lowest BCUT2D eigenvalue weighted by Gasteiger charge is -2.17. The second-order valence-corrected chi connectivity index (χ2v) is 9.55. The van der Waals surface area contributed by atoms with E-state index in [-0.39, 0.29) is 23.1 Å². The normalized spacial score (nSPS) is 14.7. The summed E-state index contributed by atoms with van der Waals surface area (Å²) in [5.41, 5.74) is 0.399. The Morgan fingerprint density at radius 3 is 2.60 bits per heavy atom. The molecule has 25 heavy (non-hydrogen) atoms. The molecule has 0 aliphatic rings. The van der Waals surface area contributed by atoms with Gasteiger partial charge in [-0.05, 0) is 29.1 Å². The molecule has 1 aromatic carbocycles. The lowest BCUT2D eigenvalue weighted by atomic mass is 10.1. The molecule has 1 atom stereocenters. The summed E-state index contributed by atoms with van der Waals surface area (Å²) in [5, 5.41) is 2.52. The van der Waals surface area contributed by atoms with E-state index in [1.165, 1.54) is 12.1 Å². The van der Waals surface area contributed by atoms with Crippen LogP contribution in [-0.2, 0) is 16.1 Å². The van der Waals surface area contributed by atoms with Crippen LogP contribution < -0.4 is 5.09 Å². The van der Waals surface area contributed by atoms with E-state index in [9.17, 15) is 17.7 Å². The van der Waals surface area contributed by atoms with Crippen LogP contribution in [0.25, 0.3) is 11.4 Å². The van der Waals surface area contributed by atoms with Gasteiger partial charge >= 0.3 is 11.3 Å². The zero-order chi connectivity index (χ0) is 18.8. The fraction of sp³-hybridized carbons (Fsp3) is 0.467. The van der Waals surface area contributed by atoms with E-state index in [1.54, 1.807) is 6.66 Å². The molecule has 0 spiro atoms. The zero-order valence-corrected chi connectivity index (χ0v) is 15.5. The standard InChI is InChI=1S/C15H18ClF3N3O2P/c1-9(2)7-20-25(3,23)8-11-5-4-10(6-12(11)17)13-21-14(24-22-13)15(16,18)19/h4-6,9H,7-8H2,1-3H3,(H,20,23). The van der Waals surface area contributed by atoms with Gasteiger partial charge in [0.2, 0.25) is 5.82 Å². The largest absolute Gasteiger partial charge is 0.400 e. The first kappa shape index (κ1) is 19.9. The molecule has 0 fully saturated rings. The fourth-order valence-electron chi connectivity index (χ4n) is 2.03. The summed E-state index contributed by atoms with van der Waals surface area (Å²) in [6.45, 7) is 6.07. The van der Waals surface area contributed by atoms with Gasteiger partial charge in [0.05, 0.1) is 0 Å². The second kappa shape index (κ2) is 7.48. The number of alkyl halides is 3. The molecule has 1 unspecified atom stereocenters. The molecule has 2 rings (SSSR count). The van der Waals surface area contributed by atoms with Gasteiger partial charge in [0.25, 0.3) is 0 Å². The van der Waals surface area contributed by atoms with Crippen LogP contribution in [0.4, 0.5) is 13.2 Å². The summed E-state index contributed by atoms with van der Waals surface area (Å²) in [7, 11) is -2.76. The van der Waals surface area contributed by atoms with Gasteiger partial charge in [-0.2, -0.15) is 13.8 Å². The summed E-state index contributed by atoms with van der Waals surface area (Å²) in [6.07, 6.45) is 0.0308. The number of benzene rings is 1. The van der Waals surface area contributed by atoms with Crippen molar-refractivity contribution in [1.82, 2.24) is 15.2 Å². The number of rotatable bonds is 7. The molecule has 1 aromatic heterocycles. The van der Waals surface area contributed by atoms with E-state index >= 15 is 0 Å². The summed E-state index contributed by atoms with van der Waals surface area (Å²) in [4.78, 5) is 3.45. The Bertz CT molecular complexity index is 793. The van der Waals surface area contributed by atoms with Crippen LogP contribution in [0.3, 0.4) is 0 Å². The highest BCUT2D eigenvalue weighted by Crippen LogP contribution is 2.41. The molecular formula is C15H18ClF3N3O2P. The van der Waals surface area contributed by atoms with Crippen LogP contribution in [0.15, 0.2) is 22.7 Å². The Morgan fingerprint density at radius 2 is 2.08 bits per heavy atom. The monoisotopic (exact) mass is 395 g/mol. The quantitative estimate of drug-likeness (QED) is 0.538. The number of nitrogens with zero attached hydrogens (tertiary/aromatic N) is 2. The molecule has 0 amide bonds. The molecule has 5 nitrogen and oxygen atoms in total.